The number of alkyl halides is 3. The molecule has 9 nitrogen and oxygen atoms in total. The Balaban J connectivity index is 0.000000355. The molecule has 2 aliphatic heterocycles. The van der Waals surface area contributed by atoms with Crippen molar-refractivity contribution in [2.24, 2.45) is 5.92 Å². The zero-order valence-corrected chi connectivity index (χ0v) is 19.7. The number of fused-ring (bicyclic) bond motifs is 4. The molecule has 1 N–H and O–H groups in total. The maximum atomic E-state index is 13.3. The molecule has 0 unspecified atom stereocenters. The van der Waals surface area contributed by atoms with Crippen molar-refractivity contribution in [2.75, 3.05) is 19.7 Å². The van der Waals surface area contributed by atoms with E-state index in [0.717, 1.165) is 17.9 Å². The van der Waals surface area contributed by atoms with Crippen LogP contribution >= 0.6 is 0 Å². The van der Waals surface area contributed by atoms with Gasteiger partial charge >= 0.3 is 12.1 Å². The highest BCUT2D eigenvalue weighted by molar-refractivity contribution is 5.93. The standard InChI is InChI=1S/C23H22N4O3.C2HF3O2/c1-15-11-26(14-24-15)18-6-7-19-21(28)25(8-9-27(19)22(18)29)13-23-10-16(23)12-30-20-5-3-2-4-17(20)23;3-2(4,5)1(6)7/h2-7,11,14,16H,8-10,12-13H2,1H3;(H,6,7)/t16-,23+;/m1./s1. The first-order valence-electron chi connectivity index (χ1n) is 11.6. The van der Waals surface area contributed by atoms with Crippen molar-refractivity contribution in [2.45, 2.75) is 31.5 Å². The lowest BCUT2D eigenvalue weighted by Crippen LogP contribution is -2.48. The molecule has 1 amide bonds. The van der Waals surface area contributed by atoms with Crippen LogP contribution in [0.5, 0.6) is 5.75 Å². The SMILES string of the molecule is Cc1cn(-c2ccc3n(c2=O)CCN(C[C@@]24C[C@@H]2COc2ccccc24)C3=O)cn1.O=C(O)C(F)(F)F. The first-order valence-corrected chi connectivity index (χ1v) is 11.6. The highest BCUT2D eigenvalue weighted by Crippen LogP contribution is 2.59. The van der Waals surface area contributed by atoms with Crippen LogP contribution in [0, 0.1) is 12.8 Å². The maximum Gasteiger partial charge on any atom is 0.490 e. The van der Waals surface area contributed by atoms with Crippen molar-refractivity contribution in [3.63, 3.8) is 0 Å². The Morgan fingerprint density at radius 2 is 1.92 bits per heavy atom. The largest absolute Gasteiger partial charge is 0.493 e. The maximum absolute atomic E-state index is 13.3. The fourth-order valence-corrected chi connectivity index (χ4v) is 5.10. The van der Waals surface area contributed by atoms with Gasteiger partial charge < -0.3 is 23.9 Å². The topological polar surface area (TPSA) is 107 Å². The summed E-state index contributed by atoms with van der Waals surface area (Å²) in [5, 5.41) is 7.12. The van der Waals surface area contributed by atoms with Crippen molar-refractivity contribution >= 4 is 11.9 Å². The molecule has 1 aliphatic carbocycles. The van der Waals surface area contributed by atoms with Crippen LogP contribution in [0.25, 0.3) is 5.69 Å². The number of amides is 1. The minimum absolute atomic E-state index is 0.0127. The zero-order valence-electron chi connectivity index (χ0n) is 19.7. The number of carboxylic acid groups (broad SMARTS) is 1. The van der Waals surface area contributed by atoms with Gasteiger partial charge in [-0.3, -0.25) is 9.59 Å². The van der Waals surface area contributed by atoms with Gasteiger partial charge in [0.1, 0.15) is 17.1 Å². The monoisotopic (exact) mass is 516 g/mol. The second-order valence-corrected chi connectivity index (χ2v) is 9.38. The Hall–Kier alpha value is -4.09. The second-order valence-electron chi connectivity index (χ2n) is 9.38. The minimum Gasteiger partial charge on any atom is -0.493 e. The van der Waals surface area contributed by atoms with E-state index in [1.165, 1.54) is 5.56 Å². The normalized spacial score (nSPS) is 21.6. The summed E-state index contributed by atoms with van der Waals surface area (Å²) in [6, 6.07) is 11.7. The Morgan fingerprint density at radius 1 is 1.19 bits per heavy atom. The van der Waals surface area contributed by atoms with Gasteiger partial charge in [0, 0.05) is 42.7 Å². The number of hydrogen-bond donors (Lipinski definition) is 1. The van der Waals surface area contributed by atoms with Crippen LogP contribution in [-0.2, 0) is 16.8 Å². The van der Waals surface area contributed by atoms with E-state index >= 15 is 0 Å². The van der Waals surface area contributed by atoms with Gasteiger partial charge in [-0.1, -0.05) is 18.2 Å². The predicted molar refractivity (Wildman–Crippen MR) is 124 cm³/mol. The summed E-state index contributed by atoms with van der Waals surface area (Å²) in [5.41, 5.74) is 2.86. The van der Waals surface area contributed by atoms with Gasteiger partial charge in [0.15, 0.2) is 0 Å². The molecular formula is C25H23F3N4O5. The second kappa shape index (κ2) is 8.79. The molecule has 0 bridgehead atoms. The number of benzene rings is 1. The Labute approximate surface area is 208 Å². The molecule has 1 aromatic carbocycles. The van der Waals surface area contributed by atoms with E-state index in [4.69, 9.17) is 14.6 Å². The molecule has 2 atom stereocenters. The van der Waals surface area contributed by atoms with Gasteiger partial charge in [-0.25, -0.2) is 9.78 Å². The molecule has 0 spiro atoms. The lowest BCUT2D eigenvalue weighted by atomic mass is 9.90. The van der Waals surface area contributed by atoms with Crippen LogP contribution in [0.1, 0.15) is 28.2 Å². The van der Waals surface area contributed by atoms with E-state index in [1.807, 2.05) is 36.2 Å². The molecule has 3 aromatic rings. The highest BCUT2D eigenvalue weighted by atomic mass is 19.4. The third kappa shape index (κ3) is 4.36. The van der Waals surface area contributed by atoms with E-state index < -0.39 is 12.1 Å². The quantitative estimate of drug-likeness (QED) is 0.574. The number of carboxylic acids is 1. The minimum atomic E-state index is -5.08. The number of ether oxygens (including phenoxy) is 1. The van der Waals surface area contributed by atoms with Gasteiger partial charge in [-0.2, -0.15) is 13.2 Å². The molecule has 6 rings (SSSR count). The number of carbonyl (C=O) groups is 2. The number of aliphatic carboxylic acids is 1. The average Bonchev–Trinajstić information content (AvgIpc) is 3.43. The van der Waals surface area contributed by atoms with Crippen molar-refractivity contribution in [1.82, 2.24) is 19.0 Å². The summed E-state index contributed by atoms with van der Waals surface area (Å²) in [5.74, 6) is -1.44. The lowest BCUT2D eigenvalue weighted by molar-refractivity contribution is -0.192. The van der Waals surface area contributed by atoms with Crippen LogP contribution < -0.4 is 10.3 Å². The molecule has 4 heterocycles. The van der Waals surface area contributed by atoms with Crippen molar-refractivity contribution in [3.8, 4) is 11.4 Å². The number of rotatable bonds is 3. The number of pyridine rings is 1. The fourth-order valence-electron chi connectivity index (χ4n) is 5.10. The van der Waals surface area contributed by atoms with Gasteiger partial charge in [-0.05, 0) is 31.5 Å². The number of aryl methyl sites for hydroxylation is 1. The van der Waals surface area contributed by atoms with E-state index in [1.54, 1.807) is 27.6 Å². The molecule has 12 heteroatoms. The molecule has 0 saturated heterocycles. The van der Waals surface area contributed by atoms with E-state index in [2.05, 4.69) is 11.1 Å². The third-order valence-electron chi connectivity index (χ3n) is 7.05. The molecule has 0 radical (unpaired) electrons. The van der Waals surface area contributed by atoms with Crippen LogP contribution in [0.3, 0.4) is 0 Å². The number of carbonyl (C=O) groups excluding carboxylic acids is 1. The van der Waals surface area contributed by atoms with Crippen molar-refractivity contribution in [3.05, 3.63) is 76.2 Å². The number of imidazole rings is 1. The first kappa shape index (κ1) is 24.6. The molecule has 1 fully saturated rings. The Kier molecular flexibility index (Phi) is 5.84. The third-order valence-corrected chi connectivity index (χ3v) is 7.05. The van der Waals surface area contributed by atoms with E-state index in [9.17, 15) is 22.8 Å². The molecular weight excluding hydrogens is 493 g/mol. The summed E-state index contributed by atoms with van der Waals surface area (Å²) in [4.78, 5) is 41.3. The van der Waals surface area contributed by atoms with Crippen LogP contribution in [0.4, 0.5) is 13.2 Å². The summed E-state index contributed by atoms with van der Waals surface area (Å²) >= 11 is 0. The number of aromatic nitrogens is 3. The Morgan fingerprint density at radius 3 is 2.59 bits per heavy atom. The summed E-state index contributed by atoms with van der Waals surface area (Å²) < 4.78 is 40.9. The van der Waals surface area contributed by atoms with Crippen LogP contribution in [-0.4, -0.2) is 61.9 Å². The smallest absolute Gasteiger partial charge is 0.490 e. The van der Waals surface area contributed by atoms with Gasteiger partial charge in [0.25, 0.3) is 11.5 Å². The summed E-state index contributed by atoms with van der Waals surface area (Å²) in [6.45, 7) is 4.30. The molecule has 37 heavy (non-hydrogen) atoms. The number of nitrogens with zero attached hydrogens (tertiary/aromatic N) is 4. The van der Waals surface area contributed by atoms with Crippen LogP contribution in [0.15, 0.2) is 53.7 Å². The van der Waals surface area contributed by atoms with Gasteiger partial charge in [0.2, 0.25) is 0 Å². The van der Waals surface area contributed by atoms with Crippen molar-refractivity contribution < 1.29 is 32.6 Å². The average molecular weight is 516 g/mol. The fraction of sp³-hybridized carbons (Fsp3) is 0.360. The van der Waals surface area contributed by atoms with Gasteiger partial charge in [0.05, 0.1) is 18.6 Å². The number of halogens is 3. The number of para-hydroxylation sites is 1. The molecule has 2 aromatic heterocycles. The molecule has 1 saturated carbocycles. The summed E-state index contributed by atoms with van der Waals surface area (Å²) in [7, 11) is 0. The van der Waals surface area contributed by atoms with Crippen LogP contribution in [0.2, 0.25) is 0 Å². The number of hydrogen-bond acceptors (Lipinski definition) is 5. The molecule has 194 valence electrons. The Bertz CT molecular complexity index is 1450. The van der Waals surface area contributed by atoms with Crippen molar-refractivity contribution in [1.29, 1.82) is 0 Å². The first-order chi connectivity index (χ1) is 17.5. The lowest BCUT2D eigenvalue weighted by Gasteiger charge is -2.35. The molecule has 3 aliphatic rings. The highest BCUT2D eigenvalue weighted by Gasteiger charge is 2.60. The zero-order chi connectivity index (χ0) is 26.5. The predicted octanol–water partition coefficient (Wildman–Crippen LogP) is 2.78. The summed E-state index contributed by atoms with van der Waals surface area (Å²) in [6.07, 6.45) is -0.597. The van der Waals surface area contributed by atoms with Gasteiger partial charge in [-0.15, -0.1) is 0 Å². The van der Waals surface area contributed by atoms with E-state index in [-0.39, 0.29) is 16.9 Å². The van der Waals surface area contributed by atoms with E-state index in [0.29, 0.717) is 43.5 Å².